The third-order valence-electron chi connectivity index (χ3n) is 7.10. The predicted octanol–water partition coefficient (Wildman–Crippen LogP) is 5.82. The number of benzene rings is 3. The van der Waals surface area contributed by atoms with E-state index in [9.17, 15) is 9.59 Å². The van der Waals surface area contributed by atoms with E-state index < -0.39 is 0 Å². The lowest BCUT2D eigenvalue weighted by atomic mass is 10.0. The van der Waals surface area contributed by atoms with Gasteiger partial charge in [0.2, 0.25) is 11.9 Å². The fourth-order valence-electron chi connectivity index (χ4n) is 5.02. The Morgan fingerprint density at radius 3 is 2.67 bits per heavy atom. The third kappa shape index (κ3) is 5.56. The largest absolute Gasteiger partial charge is 0.339 e. The van der Waals surface area contributed by atoms with Crippen molar-refractivity contribution in [1.82, 2.24) is 14.9 Å². The van der Waals surface area contributed by atoms with Crippen LogP contribution in [0.5, 0.6) is 0 Å². The molecule has 4 aromatic rings. The number of hydrogen-bond donors (Lipinski definition) is 3. The highest BCUT2D eigenvalue weighted by Gasteiger charge is 2.31. The number of halogens is 1. The normalized spacial score (nSPS) is 16.1. The summed E-state index contributed by atoms with van der Waals surface area (Å²) in [7, 11) is 0. The Morgan fingerprint density at radius 2 is 1.79 bits per heavy atom. The Morgan fingerprint density at radius 1 is 0.949 bits per heavy atom. The van der Waals surface area contributed by atoms with Crippen LogP contribution in [0.4, 0.5) is 28.8 Å². The van der Waals surface area contributed by atoms with Gasteiger partial charge in [-0.15, -0.1) is 0 Å². The van der Waals surface area contributed by atoms with Gasteiger partial charge in [0.05, 0.1) is 12.1 Å². The highest BCUT2D eigenvalue weighted by atomic mass is 35.5. The van der Waals surface area contributed by atoms with Gasteiger partial charge in [-0.25, -0.2) is 4.98 Å². The van der Waals surface area contributed by atoms with Gasteiger partial charge in [-0.05, 0) is 72.9 Å². The molecule has 3 N–H and O–H groups in total. The summed E-state index contributed by atoms with van der Waals surface area (Å²) < 4.78 is 0. The van der Waals surface area contributed by atoms with E-state index >= 15 is 0 Å². The number of aryl methyl sites for hydroxylation is 2. The molecule has 9 heteroatoms. The van der Waals surface area contributed by atoms with E-state index in [2.05, 4.69) is 38.1 Å². The number of rotatable bonds is 3. The summed E-state index contributed by atoms with van der Waals surface area (Å²) in [4.78, 5) is 36.8. The highest BCUT2D eigenvalue weighted by Crippen LogP contribution is 2.30. The van der Waals surface area contributed by atoms with Gasteiger partial charge in [0.1, 0.15) is 5.02 Å². The van der Waals surface area contributed by atoms with Crippen LogP contribution in [-0.4, -0.2) is 39.8 Å². The molecule has 3 aromatic carbocycles. The smallest absolute Gasteiger partial charge is 0.253 e. The Bertz CT molecular complexity index is 1540. The molecule has 196 valence electrons. The van der Waals surface area contributed by atoms with Crippen LogP contribution >= 0.6 is 11.6 Å². The van der Waals surface area contributed by atoms with Crippen molar-refractivity contribution >= 4 is 52.2 Å². The lowest BCUT2D eigenvalue weighted by molar-refractivity contribution is -0.119. The number of carbonyl (C=O) groups is 2. The van der Waals surface area contributed by atoms with Crippen LogP contribution in [0.3, 0.4) is 0 Å². The van der Waals surface area contributed by atoms with E-state index in [1.54, 1.807) is 23.2 Å². The van der Waals surface area contributed by atoms with Crippen LogP contribution in [0.15, 0.2) is 79.0 Å². The van der Waals surface area contributed by atoms with Crippen LogP contribution in [0.2, 0.25) is 5.02 Å². The number of nitrogens with one attached hydrogen (secondary N) is 3. The van der Waals surface area contributed by atoms with Crippen LogP contribution in [-0.2, 0) is 17.6 Å². The van der Waals surface area contributed by atoms with Gasteiger partial charge in [0.25, 0.3) is 5.91 Å². The van der Waals surface area contributed by atoms with Crippen molar-refractivity contribution in [3.8, 4) is 0 Å². The van der Waals surface area contributed by atoms with E-state index in [1.807, 2.05) is 48.5 Å². The number of carbonyl (C=O) groups excluding carboxylic acids is 2. The van der Waals surface area contributed by atoms with Gasteiger partial charge in [0.15, 0.2) is 5.82 Å². The molecular weight excluding hydrogens is 512 g/mol. The van der Waals surface area contributed by atoms with Crippen molar-refractivity contribution in [3.05, 3.63) is 101 Å². The molecule has 2 amide bonds. The summed E-state index contributed by atoms with van der Waals surface area (Å²) in [6.07, 6.45) is 3.69. The molecule has 0 saturated carbocycles. The van der Waals surface area contributed by atoms with Gasteiger partial charge in [-0.1, -0.05) is 41.9 Å². The number of aromatic nitrogens is 2. The molecule has 1 aromatic heterocycles. The minimum absolute atomic E-state index is 0.0392. The van der Waals surface area contributed by atoms with Gasteiger partial charge in [0, 0.05) is 35.7 Å². The highest BCUT2D eigenvalue weighted by molar-refractivity contribution is 6.32. The average molecular weight is 539 g/mol. The van der Waals surface area contributed by atoms with Crippen molar-refractivity contribution in [2.75, 3.05) is 29.0 Å². The van der Waals surface area contributed by atoms with Gasteiger partial charge in [-0.2, -0.15) is 4.98 Å². The lowest BCUT2D eigenvalue weighted by Crippen LogP contribution is -2.31. The number of amides is 2. The summed E-state index contributed by atoms with van der Waals surface area (Å²) in [5.74, 6) is 0.550. The first kappa shape index (κ1) is 24.9. The van der Waals surface area contributed by atoms with Crippen LogP contribution in [0, 0.1) is 5.92 Å². The summed E-state index contributed by atoms with van der Waals surface area (Å²) in [6.45, 7) is 0.969. The zero-order valence-electron chi connectivity index (χ0n) is 21.2. The molecule has 2 aliphatic heterocycles. The molecule has 0 unspecified atom stereocenters. The Labute approximate surface area is 231 Å². The van der Waals surface area contributed by atoms with E-state index in [1.165, 1.54) is 0 Å². The van der Waals surface area contributed by atoms with Crippen LogP contribution in [0.25, 0.3) is 0 Å². The van der Waals surface area contributed by atoms with E-state index in [0.717, 1.165) is 41.0 Å². The van der Waals surface area contributed by atoms with Crippen molar-refractivity contribution in [3.63, 3.8) is 0 Å². The second kappa shape index (κ2) is 10.7. The quantitative estimate of drug-likeness (QED) is 0.304. The van der Waals surface area contributed by atoms with Crippen molar-refractivity contribution in [1.29, 1.82) is 0 Å². The van der Waals surface area contributed by atoms with Gasteiger partial charge >= 0.3 is 0 Å². The maximum absolute atomic E-state index is 13.3. The molecule has 2 aliphatic rings. The maximum Gasteiger partial charge on any atom is 0.253 e. The summed E-state index contributed by atoms with van der Waals surface area (Å²) in [6, 6.07) is 23.1. The number of fused-ring (bicyclic) bond motifs is 6. The zero-order valence-corrected chi connectivity index (χ0v) is 21.9. The van der Waals surface area contributed by atoms with Gasteiger partial charge < -0.3 is 20.9 Å². The fraction of sp³-hybridized carbons (Fsp3) is 0.200. The summed E-state index contributed by atoms with van der Waals surface area (Å²) >= 11 is 6.38. The summed E-state index contributed by atoms with van der Waals surface area (Å²) in [5.41, 5.74) is 5.23. The Hall–Kier alpha value is -4.43. The van der Waals surface area contributed by atoms with Crippen LogP contribution < -0.4 is 16.0 Å². The first-order chi connectivity index (χ1) is 19.0. The monoisotopic (exact) mass is 538 g/mol. The third-order valence-corrected chi connectivity index (χ3v) is 7.38. The molecule has 1 atom stereocenters. The van der Waals surface area contributed by atoms with E-state index in [4.69, 9.17) is 11.6 Å². The zero-order chi connectivity index (χ0) is 26.8. The number of hydrogen-bond acceptors (Lipinski definition) is 6. The number of nitrogens with zero attached hydrogens (tertiary/aromatic N) is 3. The first-order valence-corrected chi connectivity index (χ1v) is 13.3. The predicted molar refractivity (Wildman–Crippen MR) is 153 cm³/mol. The first-order valence-electron chi connectivity index (χ1n) is 13.0. The maximum atomic E-state index is 13.3. The molecule has 8 nitrogen and oxygen atoms in total. The molecule has 6 bridgehead atoms. The second-order valence-electron chi connectivity index (χ2n) is 9.80. The van der Waals surface area contributed by atoms with Gasteiger partial charge in [-0.3, -0.25) is 9.59 Å². The Kier molecular flexibility index (Phi) is 6.85. The molecule has 0 aliphatic carbocycles. The molecule has 1 saturated heterocycles. The van der Waals surface area contributed by atoms with Crippen molar-refractivity contribution < 1.29 is 9.59 Å². The molecule has 3 heterocycles. The SMILES string of the molecule is O=C(Nc1ccc2cc1CCc1cccc(c1)Nc1ncc(Cl)c(n1)N2)[C@@H]1CCN(C(=O)c2ccccc2)C1. The average Bonchev–Trinajstić information content (AvgIpc) is 3.45. The Balaban J connectivity index is 1.23. The second-order valence-corrected chi connectivity index (χ2v) is 10.2. The molecule has 39 heavy (non-hydrogen) atoms. The van der Waals surface area contributed by atoms with E-state index in [0.29, 0.717) is 41.9 Å². The van der Waals surface area contributed by atoms with Crippen molar-refractivity contribution in [2.24, 2.45) is 5.92 Å². The minimum atomic E-state index is -0.265. The standard InChI is InChI=1S/C30H27ClN6O2/c31-25-17-32-30-34-23-8-4-5-19(15-23)9-10-21-16-24(33-27(25)36-30)11-12-26(21)35-28(38)22-13-14-37(18-22)29(39)20-6-2-1-3-7-20/h1-8,11-12,15-17,22H,9-10,13-14,18H2,(H,35,38)(H2,32,33,34,36)/t22-/m1/s1. The molecule has 0 radical (unpaired) electrons. The minimum Gasteiger partial charge on any atom is -0.339 e. The number of likely N-dealkylation sites (tertiary alicyclic amines) is 1. The van der Waals surface area contributed by atoms with Crippen molar-refractivity contribution in [2.45, 2.75) is 19.3 Å². The fourth-order valence-corrected chi connectivity index (χ4v) is 5.16. The molecule has 1 fully saturated rings. The van der Waals surface area contributed by atoms with E-state index in [-0.39, 0.29) is 17.7 Å². The number of anilines is 5. The lowest BCUT2D eigenvalue weighted by Gasteiger charge is -2.18. The summed E-state index contributed by atoms with van der Waals surface area (Å²) in [5, 5.41) is 10.1. The molecule has 0 spiro atoms. The molecular formula is C30H27ClN6O2. The van der Waals surface area contributed by atoms with Crippen LogP contribution in [0.1, 0.15) is 27.9 Å². The topological polar surface area (TPSA) is 99.2 Å². The molecule has 6 rings (SSSR count).